The lowest BCUT2D eigenvalue weighted by Crippen LogP contribution is -2.36. The van der Waals surface area contributed by atoms with Crippen LogP contribution in [0.5, 0.6) is 0 Å². The molecular weight excluding hydrogens is 236 g/mol. The molecule has 0 radical (unpaired) electrons. The minimum absolute atomic E-state index is 0.0460. The first-order valence-electron chi connectivity index (χ1n) is 5.63. The van der Waals surface area contributed by atoms with Crippen molar-refractivity contribution in [1.82, 2.24) is 5.32 Å². The van der Waals surface area contributed by atoms with E-state index in [1.165, 1.54) is 13.2 Å². The Morgan fingerprint density at radius 2 is 2.17 bits per heavy atom. The number of nitro groups is 1. The summed E-state index contributed by atoms with van der Waals surface area (Å²) in [5, 5.41) is 13.8. The largest absolute Gasteiger partial charge is 0.468 e. The maximum atomic E-state index is 11.4. The van der Waals surface area contributed by atoms with Gasteiger partial charge in [-0.15, -0.1) is 0 Å². The Balaban J connectivity index is 2.73. The average Bonchev–Trinajstić information content (AvgIpc) is 2.39. The zero-order valence-corrected chi connectivity index (χ0v) is 10.4. The highest BCUT2D eigenvalue weighted by molar-refractivity contribution is 5.75. The first-order chi connectivity index (χ1) is 8.60. The molecule has 1 unspecified atom stereocenters. The molecule has 0 aliphatic carbocycles. The third-order valence-electron chi connectivity index (χ3n) is 2.62. The van der Waals surface area contributed by atoms with Crippen molar-refractivity contribution in [3.8, 4) is 0 Å². The fraction of sp³-hybridized carbons (Fsp3) is 0.417. The molecule has 0 aliphatic heterocycles. The molecule has 0 spiro atoms. The first kappa shape index (κ1) is 14.1. The van der Waals surface area contributed by atoms with Crippen LogP contribution in [0.1, 0.15) is 18.9 Å². The SMILES string of the molecule is CCC(NCc1ccccc1[N+](=O)[O-])C(=O)OC. The number of nitrogens with one attached hydrogen (secondary N) is 1. The highest BCUT2D eigenvalue weighted by Gasteiger charge is 2.18. The van der Waals surface area contributed by atoms with Crippen LogP contribution in [0.25, 0.3) is 0 Å². The van der Waals surface area contributed by atoms with E-state index in [2.05, 4.69) is 10.1 Å². The van der Waals surface area contributed by atoms with Crippen LogP contribution in [-0.2, 0) is 16.1 Å². The van der Waals surface area contributed by atoms with Gasteiger partial charge in [-0.2, -0.15) is 0 Å². The van der Waals surface area contributed by atoms with Gasteiger partial charge in [-0.25, -0.2) is 0 Å². The fourth-order valence-electron chi connectivity index (χ4n) is 1.61. The van der Waals surface area contributed by atoms with E-state index in [0.29, 0.717) is 12.0 Å². The number of carbonyl (C=O) groups excluding carboxylic acids is 1. The van der Waals surface area contributed by atoms with Gasteiger partial charge in [-0.1, -0.05) is 25.1 Å². The molecule has 0 saturated heterocycles. The molecular formula is C12H16N2O4. The van der Waals surface area contributed by atoms with E-state index in [4.69, 9.17) is 0 Å². The topological polar surface area (TPSA) is 81.5 Å². The number of ether oxygens (including phenoxy) is 1. The minimum Gasteiger partial charge on any atom is -0.468 e. The number of methoxy groups -OCH3 is 1. The van der Waals surface area contributed by atoms with Crippen molar-refractivity contribution in [2.24, 2.45) is 0 Å². The third kappa shape index (κ3) is 3.53. The van der Waals surface area contributed by atoms with Crippen LogP contribution in [0.3, 0.4) is 0 Å². The Morgan fingerprint density at radius 3 is 2.72 bits per heavy atom. The van der Waals surface area contributed by atoms with Crippen LogP contribution in [0.4, 0.5) is 5.69 Å². The van der Waals surface area contributed by atoms with E-state index in [-0.39, 0.29) is 18.2 Å². The summed E-state index contributed by atoms with van der Waals surface area (Å²) < 4.78 is 4.63. The van der Waals surface area contributed by atoms with Crippen molar-refractivity contribution in [3.63, 3.8) is 0 Å². The van der Waals surface area contributed by atoms with E-state index in [0.717, 1.165) is 0 Å². The van der Waals surface area contributed by atoms with Gasteiger partial charge >= 0.3 is 5.97 Å². The maximum Gasteiger partial charge on any atom is 0.322 e. The van der Waals surface area contributed by atoms with Crippen molar-refractivity contribution < 1.29 is 14.5 Å². The van der Waals surface area contributed by atoms with Gasteiger partial charge in [0.05, 0.1) is 12.0 Å². The second-order valence-electron chi connectivity index (χ2n) is 3.75. The Bertz CT molecular complexity index is 434. The number of para-hydroxylation sites is 1. The van der Waals surface area contributed by atoms with Gasteiger partial charge in [0.15, 0.2) is 0 Å². The molecule has 6 nitrogen and oxygen atoms in total. The Labute approximate surface area is 105 Å². The van der Waals surface area contributed by atoms with Crippen molar-refractivity contribution in [3.05, 3.63) is 39.9 Å². The molecule has 1 atom stereocenters. The zero-order valence-electron chi connectivity index (χ0n) is 10.4. The highest BCUT2D eigenvalue weighted by Crippen LogP contribution is 2.17. The molecule has 0 aromatic heterocycles. The summed E-state index contributed by atoms with van der Waals surface area (Å²) in [4.78, 5) is 21.7. The lowest BCUT2D eigenvalue weighted by molar-refractivity contribution is -0.385. The number of esters is 1. The van der Waals surface area contributed by atoms with Crippen molar-refractivity contribution in [2.75, 3.05) is 7.11 Å². The van der Waals surface area contributed by atoms with Gasteiger partial charge in [-0.3, -0.25) is 14.9 Å². The fourth-order valence-corrected chi connectivity index (χ4v) is 1.61. The molecule has 0 aliphatic rings. The number of nitro benzene ring substituents is 1. The molecule has 1 N–H and O–H groups in total. The van der Waals surface area contributed by atoms with Gasteiger partial charge in [-0.05, 0) is 6.42 Å². The van der Waals surface area contributed by atoms with Crippen LogP contribution >= 0.6 is 0 Å². The van der Waals surface area contributed by atoms with Gasteiger partial charge in [0.25, 0.3) is 5.69 Å². The number of hydrogen-bond donors (Lipinski definition) is 1. The van der Waals surface area contributed by atoms with E-state index in [1.807, 2.05) is 6.92 Å². The Hall–Kier alpha value is -1.95. The second-order valence-corrected chi connectivity index (χ2v) is 3.75. The second kappa shape index (κ2) is 6.70. The number of hydrogen-bond acceptors (Lipinski definition) is 5. The lowest BCUT2D eigenvalue weighted by Gasteiger charge is -2.14. The molecule has 1 aromatic carbocycles. The quantitative estimate of drug-likeness (QED) is 0.473. The number of carbonyl (C=O) groups is 1. The lowest BCUT2D eigenvalue weighted by atomic mass is 10.1. The van der Waals surface area contributed by atoms with Gasteiger partial charge in [0.2, 0.25) is 0 Å². The van der Waals surface area contributed by atoms with Crippen LogP contribution in [0, 0.1) is 10.1 Å². The van der Waals surface area contributed by atoms with Gasteiger partial charge in [0, 0.05) is 18.2 Å². The van der Waals surface area contributed by atoms with Crippen molar-refractivity contribution in [2.45, 2.75) is 25.9 Å². The van der Waals surface area contributed by atoms with Crippen molar-refractivity contribution in [1.29, 1.82) is 0 Å². The third-order valence-corrected chi connectivity index (χ3v) is 2.62. The molecule has 18 heavy (non-hydrogen) atoms. The summed E-state index contributed by atoms with van der Waals surface area (Å²) in [6.07, 6.45) is 0.563. The molecule has 0 bridgehead atoms. The molecule has 0 fully saturated rings. The standard InChI is InChI=1S/C12H16N2O4/c1-3-10(12(15)18-2)13-8-9-6-4-5-7-11(9)14(16)17/h4-7,10,13H,3,8H2,1-2H3. The van der Waals surface area contributed by atoms with Crippen LogP contribution in [-0.4, -0.2) is 24.0 Å². The summed E-state index contributed by atoms with van der Waals surface area (Å²) in [5.41, 5.74) is 0.592. The minimum atomic E-state index is -0.449. The molecule has 98 valence electrons. The monoisotopic (exact) mass is 252 g/mol. The van der Waals surface area contributed by atoms with E-state index in [9.17, 15) is 14.9 Å². The predicted octanol–water partition coefficient (Wildman–Crippen LogP) is 1.64. The molecule has 6 heteroatoms. The maximum absolute atomic E-state index is 11.4. The summed E-state index contributed by atoms with van der Waals surface area (Å²) in [5.74, 6) is -0.365. The Kier molecular flexibility index (Phi) is 5.26. The summed E-state index contributed by atoms with van der Waals surface area (Å²) >= 11 is 0. The normalized spacial score (nSPS) is 11.9. The highest BCUT2D eigenvalue weighted by atomic mass is 16.6. The summed E-state index contributed by atoms with van der Waals surface area (Å²) in [7, 11) is 1.32. The zero-order chi connectivity index (χ0) is 13.5. The predicted molar refractivity (Wildman–Crippen MR) is 66.0 cm³/mol. The van der Waals surface area contributed by atoms with E-state index < -0.39 is 11.0 Å². The van der Waals surface area contributed by atoms with E-state index in [1.54, 1.807) is 18.2 Å². The van der Waals surface area contributed by atoms with Crippen LogP contribution in [0.15, 0.2) is 24.3 Å². The number of rotatable bonds is 6. The van der Waals surface area contributed by atoms with Crippen molar-refractivity contribution >= 4 is 11.7 Å². The van der Waals surface area contributed by atoms with Gasteiger partial charge < -0.3 is 10.1 Å². The summed E-state index contributed by atoms with van der Waals surface area (Å²) in [6, 6.07) is 5.99. The molecule has 0 heterocycles. The van der Waals surface area contributed by atoms with Crippen LogP contribution < -0.4 is 5.32 Å². The van der Waals surface area contributed by atoms with E-state index >= 15 is 0 Å². The van der Waals surface area contributed by atoms with Crippen LogP contribution in [0.2, 0.25) is 0 Å². The molecule has 0 amide bonds. The molecule has 1 aromatic rings. The number of nitrogens with zero attached hydrogens (tertiary/aromatic N) is 1. The number of benzene rings is 1. The average molecular weight is 252 g/mol. The smallest absolute Gasteiger partial charge is 0.322 e. The van der Waals surface area contributed by atoms with Gasteiger partial charge in [0.1, 0.15) is 6.04 Å². The molecule has 0 saturated carbocycles. The first-order valence-corrected chi connectivity index (χ1v) is 5.63. The Morgan fingerprint density at radius 1 is 1.50 bits per heavy atom. The summed E-state index contributed by atoms with van der Waals surface area (Å²) in [6.45, 7) is 2.10. The molecule has 1 rings (SSSR count).